The van der Waals surface area contributed by atoms with E-state index in [1.165, 1.54) is 32.1 Å². The summed E-state index contributed by atoms with van der Waals surface area (Å²) in [5.74, 6) is 0.723. The number of rotatable bonds is 4. The minimum atomic E-state index is 0.101. The van der Waals surface area contributed by atoms with Crippen LogP contribution in [0.2, 0.25) is 0 Å². The molecule has 2 rings (SSSR count). The van der Waals surface area contributed by atoms with Crippen LogP contribution < -0.4 is 10.9 Å². The average Bonchev–Trinajstić information content (AvgIpc) is 2.39. The maximum absolute atomic E-state index is 11.7. The first-order valence-electron chi connectivity index (χ1n) is 6.64. The molecule has 0 spiro atoms. The lowest BCUT2D eigenvalue weighted by Crippen LogP contribution is -2.40. The van der Waals surface area contributed by atoms with Crippen LogP contribution in [-0.2, 0) is 6.54 Å². The average molecular weight is 234 g/mol. The molecule has 0 saturated heterocycles. The first kappa shape index (κ1) is 12.4. The van der Waals surface area contributed by atoms with Crippen molar-refractivity contribution >= 4 is 0 Å². The van der Waals surface area contributed by atoms with Gasteiger partial charge < -0.3 is 9.88 Å². The van der Waals surface area contributed by atoms with Gasteiger partial charge in [-0.25, -0.2) is 0 Å². The standard InChI is InChI=1S/C14H22N2O/c1-15-13(12-7-3-2-4-8-12)11-16-10-6-5-9-14(16)17/h5-6,9-10,12-13,15H,2-4,7-8,11H2,1H3. The molecule has 0 aromatic carbocycles. The van der Waals surface area contributed by atoms with Gasteiger partial charge in [0.1, 0.15) is 0 Å². The Morgan fingerprint density at radius 2 is 2.12 bits per heavy atom. The number of hydrogen-bond acceptors (Lipinski definition) is 2. The highest BCUT2D eigenvalue weighted by atomic mass is 16.1. The number of pyridine rings is 1. The predicted molar refractivity (Wildman–Crippen MR) is 70.1 cm³/mol. The zero-order chi connectivity index (χ0) is 12.1. The lowest BCUT2D eigenvalue weighted by molar-refractivity contribution is 0.256. The fraction of sp³-hybridized carbons (Fsp3) is 0.643. The highest BCUT2D eigenvalue weighted by molar-refractivity contribution is 4.94. The molecule has 1 atom stereocenters. The largest absolute Gasteiger partial charge is 0.315 e. The molecule has 1 aromatic rings. The summed E-state index contributed by atoms with van der Waals surface area (Å²) in [5.41, 5.74) is 0.101. The summed E-state index contributed by atoms with van der Waals surface area (Å²) < 4.78 is 1.82. The molecule has 94 valence electrons. The molecule has 1 heterocycles. The van der Waals surface area contributed by atoms with Crippen LogP contribution in [0, 0.1) is 5.92 Å². The van der Waals surface area contributed by atoms with E-state index in [1.807, 2.05) is 23.9 Å². The Hall–Kier alpha value is -1.09. The van der Waals surface area contributed by atoms with Crippen molar-refractivity contribution in [2.75, 3.05) is 7.05 Å². The zero-order valence-electron chi connectivity index (χ0n) is 10.6. The van der Waals surface area contributed by atoms with Crippen molar-refractivity contribution in [3.8, 4) is 0 Å². The number of likely N-dealkylation sites (N-methyl/N-ethyl adjacent to an activating group) is 1. The molecule has 1 unspecified atom stereocenters. The first-order chi connectivity index (χ1) is 8.31. The van der Waals surface area contributed by atoms with Crippen molar-refractivity contribution in [1.29, 1.82) is 0 Å². The Morgan fingerprint density at radius 3 is 2.76 bits per heavy atom. The van der Waals surface area contributed by atoms with Gasteiger partial charge in [0.05, 0.1) is 0 Å². The summed E-state index contributed by atoms with van der Waals surface area (Å²) in [6.07, 6.45) is 8.53. The minimum absolute atomic E-state index is 0.101. The normalized spacial score (nSPS) is 19.1. The van der Waals surface area contributed by atoms with E-state index < -0.39 is 0 Å². The second-order valence-electron chi connectivity index (χ2n) is 4.98. The molecule has 3 nitrogen and oxygen atoms in total. The lowest BCUT2D eigenvalue weighted by atomic mass is 9.84. The summed E-state index contributed by atoms with van der Waals surface area (Å²) in [6, 6.07) is 5.78. The van der Waals surface area contributed by atoms with Crippen molar-refractivity contribution in [2.45, 2.75) is 44.7 Å². The Labute approximate surface area is 103 Å². The van der Waals surface area contributed by atoms with Crippen LogP contribution in [0.15, 0.2) is 29.2 Å². The number of nitrogens with zero attached hydrogens (tertiary/aromatic N) is 1. The van der Waals surface area contributed by atoms with Crippen LogP contribution in [0.3, 0.4) is 0 Å². The third-order valence-electron chi connectivity index (χ3n) is 3.88. The highest BCUT2D eigenvalue weighted by Gasteiger charge is 2.22. The Bertz CT molecular complexity index is 393. The lowest BCUT2D eigenvalue weighted by Gasteiger charge is -2.30. The highest BCUT2D eigenvalue weighted by Crippen LogP contribution is 2.26. The van der Waals surface area contributed by atoms with Crippen molar-refractivity contribution in [1.82, 2.24) is 9.88 Å². The zero-order valence-corrected chi connectivity index (χ0v) is 10.6. The van der Waals surface area contributed by atoms with E-state index in [0.717, 1.165) is 12.5 Å². The Kier molecular flexibility index (Phi) is 4.37. The van der Waals surface area contributed by atoms with Crippen LogP contribution in [-0.4, -0.2) is 17.7 Å². The molecule has 1 fully saturated rings. The van der Waals surface area contributed by atoms with Gasteiger partial charge in [-0.05, 0) is 31.9 Å². The molecule has 1 aliphatic carbocycles. The maximum atomic E-state index is 11.7. The van der Waals surface area contributed by atoms with Crippen LogP contribution in [0.25, 0.3) is 0 Å². The van der Waals surface area contributed by atoms with E-state index in [4.69, 9.17) is 0 Å². The minimum Gasteiger partial charge on any atom is -0.315 e. The molecule has 0 bridgehead atoms. The van der Waals surface area contributed by atoms with Crippen molar-refractivity contribution in [3.05, 3.63) is 34.7 Å². The molecule has 1 saturated carbocycles. The molecule has 17 heavy (non-hydrogen) atoms. The topological polar surface area (TPSA) is 34.0 Å². The first-order valence-corrected chi connectivity index (χ1v) is 6.64. The van der Waals surface area contributed by atoms with E-state index in [9.17, 15) is 4.79 Å². The van der Waals surface area contributed by atoms with Gasteiger partial charge in [-0.3, -0.25) is 4.79 Å². The molecule has 1 aromatic heterocycles. The van der Waals surface area contributed by atoms with Crippen LogP contribution in [0.4, 0.5) is 0 Å². The fourth-order valence-electron chi connectivity index (χ4n) is 2.84. The molecule has 1 N–H and O–H groups in total. The van der Waals surface area contributed by atoms with E-state index in [2.05, 4.69) is 5.32 Å². The third kappa shape index (κ3) is 3.19. The predicted octanol–water partition coefficient (Wildman–Crippen LogP) is 2.02. The second kappa shape index (κ2) is 6.01. The molecule has 0 aliphatic heterocycles. The van der Waals surface area contributed by atoms with Crippen molar-refractivity contribution in [2.24, 2.45) is 5.92 Å². The van der Waals surface area contributed by atoms with E-state index in [-0.39, 0.29) is 5.56 Å². The van der Waals surface area contributed by atoms with Crippen molar-refractivity contribution < 1.29 is 0 Å². The Morgan fingerprint density at radius 1 is 1.35 bits per heavy atom. The van der Waals surface area contributed by atoms with Gasteiger partial charge in [0, 0.05) is 24.8 Å². The number of nitrogens with one attached hydrogen (secondary N) is 1. The molecular formula is C14H22N2O. The molecule has 0 radical (unpaired) electrons. The molecule has 0 amide bonds. The summed E-state index contributed by atoms with van der Waals surface area (Å²) in [6.45, 7) is 0.792. The van der Waals surface area contributed by atoms with Gasteiger partial charge in [-0.1, -0.05) is 25.3 Å². The maximum Gasteiger partial charge on any atom is 0.250 e. The van der Waals surface area contributed by atoms with Gasteiger partial charge in [0.25, 0.3) is 5.56 Å². The number of aromatic nitrogens is 1. The monoisotopic (exact) mass is 234 g/mol. The Balaban J connectivity index is 2.04. The van der Waals surface area contributed by atoms with Gasteiger partial charge in [0.15, 0.2) is 0 Å². The third-order valence-corrected chi connectivity index (χ3v) is 3.88. The van der Waals surface area contributed by atoms with E-state index in [0.29, 0.717) is 6.04 Å². The fourth-order valence-corrected chi connectivity index (χ4v) is 2.84. The summed E-state index contributed by atoms with van der Waals surface area (Å²) in [4.78, 5) is 11.7. The summed E-state index contributed by atoms with van der Waals surface area (Å²) >= 11 is 0. The van der Waals surface area contributed by atoms with Gasteiger partial charge >= 0.3 is 0 Å². The molecule has 1 aliphatic rings. The molecular weight excluding hydrogens is 212 g/mol. The van der Waals surface area contributed by atoms with Gasteiger partial charge in [-0.2, -0.15) is 0 Å². The smallest absolute Gasteiger partial charge is 0.250 e. The quantitative estimate of drug-likeness (QED) is 0.864. The SMILES string of the molecule is CNC(Cn1ccccc1=O)C1CCCCC1. The molecule has 3 heteroatoms. The van der Waals surface area contributed by atoms with E-state index >= 15 is 0 Å². The number of hydrogen-bond donors (Lipinski definition) is 1. The second-order valence-corrected chi connectivity index (χ2v) is 4.98. The van der Waals surface area contributed by atoms with Crippen molar-refractivity contribution in [3.63, 3.8) is 0 Å². The van der Waals surface area contributed by atoms with Crippen LogP contribution in [0.1, 0.15) is 32.1 Å². The van der Waals surface area contributed by atoms with Crippen LogP contribution in [0.5, 0.6) is 0 Å². The van der Waals surface area contributed by atoms with Crippen LogP contribution >= 0.6 is 0 Å². The summed E-state index contributed by atoms with van der Waals surface area (Å²) in [5, 5.41) is 3.39. The van der Waals surface area contributed by atoms with E-state index in [1.54, 1.807) is 12.1 Å². The van der Waals surface area contributed by atoms with Gasteiger partial charge in [0.2, 0.25) is 0 Å². The summed E-state index contributed by atoms with van der Waals surface area (Å²) in [7, 11) is 2.01. The van der Waals surface area contributed by atoms with Gasteiger partial charge in [-0.15, -0.1) is 0 Å².